The number of para-hydroxylation sites is 1. The third-order valence-corrected chi connectivity index (χ3v) is 4.86. The first-order valence-corrected chi connectivity index (χ1v) is 8.71. The molecule has 0 saturated heterocycles. The smallest absolute Gasteiger partial charge is 0.324 e. The minimum Gasteiger partial charge on any atom is -0.347 e. The molecule has 24 heavy (non-hydrogen) atoms. The van der Waals surface area contributed by atoms with Crippen molar-refractivity contribution in [1.29, 1.82) is 0 Å². The zero-order valence-corrected chi connectivity index (χ0v) is 13.9. The molecule has 0 radical (unpaired) electrons. The highest BCUT2D eigenvalue weighted by atomic mass is 32.1. The van der Waals surface area contributed by atoms with Gasteiger partial charge in [0.1, 0.15) is 0 Å². The number of rotatable bonds is 6. The van der Waals surface area contributed by atoms with Crippen LogP contribution in [0.1, 0.15) is 22.5 Å². The van der Waals surface area contributed by atoms with E-state index in [4.69, 9.17) is 5.73 Å². The van der Waals surface area contributed by atoms with Crippen molar-refractivity contribution in [3.05, 3.63) is 47.3 Å². The molecule has 6 nitrogen and oxygen atoms in total. The van der Waals surface area contributed by atoms with Crippen molar-refractivity contribution in [2.75, 3.05) is 17.2 Å². The number of benzene rings is 1. The van der Waals surface area contributed by atoms with Crippen LogP contribution >= 0.6 is 11.3 Å². The van der Waals surface area contributed by atoms with E-state index in [0.29, 0.717) is 28.0 Å². The molecule has 1 aliphatic carbocycles. The molecule has 1 atom stereocenters. The summed E-state index contributed by atoms with van der Waals surface area (Å²) in [4.78, 5) is 24.8. The Kier molecular flexibility index (Phi) is 5.12. The van der Waals surface area contributed by atoms with Gasteiger partial charge >= 0.3 is 6.03 Å². The minimum absolute atomic E-state index is 0.0392. The molecule has 0 bridgehead atoms. The number of nitrogens with one attached hydrogen (secondary N) is 3. The van der Waals surface area contributed by atoms with Crippen LogP contribution in [0.5, 0.6) is 0 Å². The van der Waals surface area contributed by atoms with Crippen LogP contribution in [0, 0.1) is 5.92 Å². The van der Waals surface area contributed by atoms with E-state index in [1.807, 2.05) is 18.2 Å². The van der Waals surface area contributed by atoms with Gasteiger partial charge in [0, 0.05) is 18.3 Å². The number of hydrogen-bond donors (Lipinski definition) is 4. The first-order chi connectivity index (χ1) is 11.7. The highest BCUT2D eigenvalue weighted by Crippen LogP contribution is 2.32. The number of nitrogens with two attached hydrogens (primary N) is 1. The highest BCUT2D eigenvalue weighted by molar-refractivity contribution is 7.18. The van der Waals surface area contributed by atoms with Gasteiger partial charge in [-0.2, -0.15) is 0 Å². The van der Waals surface area contributed by atoms with E-state index >= 15 is 0 Å². The molecule has 3 amide bonds. The number of carbonyl (C=O) groups excluding carboxylic acids is 2. The van der Waals surface area contributed by atoms with Crippen LogP contribution < -0.4 is 21.7 Å². The lowest BCUT2D eigenvalue weighted by Crippen LogP contribution is -2.41. The number of urea groups is 1. The first-order valence-electron chi connectivity index (χ1n) is 7.89. The fourth-order valence-corrected chi connectivity index (χ4v) is 3.23. The van der Waals surface area contributed by atoms with Crippen LogP contribution in [0.4, 0.5) is 15.5 Å². The minimum atomic E-state index is -0.340. The van der Waals surface area contributed by atoms with E-state index in [2.05, 4.69) is 16.0 Å². The average molecular weight is 344 g/mol. The van der Waals surface area contributed by atoms with Crippen molar-refractivity contribution < 1.29 is 9.59 Å². The zero-order chi connectivity index (χ0) is 16.9. The molecule has 126 valence electrons. The van der Waals surface area contributed by atoms with Gasteiger partial charge < -0.3 is 16.4 Å². The molecular weight excluding hydrogens is 324 g/mol. The second-order valence-corrected chi connectivity index (χ2v) is 6.85. The van der Waals surface area contributed by atoms with Crippen molar-refractivity contribution in [3.8, 4) is 0 Å². The molecule has 2 aromatic rings. The lowest BCUT2D eigenvalue weighted by Gasteiger charge is -2.15. The average Bonchev–Trinajstić information content (AvgIpc) is 3.32. The lowest BCUT2D eigenvalue weighted by atomic mass is 10.2. The molecule has 3 rings (SSSR count). The Bertz CT molecular complexity index is 712. The standard InChI is InChI=1S/C17H20N4O2S/c18-10-13(11-6-7-11)20-16(22)14-8-9-15(24-14)21-17(23)19-12-4-2-1-3-5-12/h1-5,8-9,11,13H,6-7,10,18H2,(H,20,22)(H2,19,21,23). The maximum atomic E-state index is 12.3. The fraction of sp³-hybridized carbons (Fsp3) is 0.294. The van der Waals surface area contributed by atoms with Crippen molar-refractivity contribution in [2.45, 2.75) is 18.9 Å². The van der Waals surface area contributed by atoms with E-state index in [1.54, 1.807) is 24.3 Å². The number of amides is 3. The summed E-state index contributed by atoms with van der Waals surface area (Å²) in [5.41, 5.74) is 6.42. The predicted octanol–water partition coefficient (Wildman–Crippen LogP) is 2.86. The second-order valence-electron chi connectivity index (χ2n) is 5.76. The molecule has 1 unspecified atom stereocenters. The molecular formula is C17H20N4O2S. The molecule has 7 heteroatoms. The van der Waals surface area contributed by atoms with Crippen LogP contribution in [0.15, 0.2) is 42.5 Å². The Morgan fingerprint density at radius 3 is 2.54 bits per heavy atom. The van der Waals surface area contributed by atoms with Gasteiger partial charge in [0.25, 0.3) is 5.91 Å². The van der Waals surface area contributed by atoms with Crippen molar-refractivity contribution >= 4 is 34.0 Å². The van der Waals surface area contributed by atoms with E-state index in [0.717, 1.165) is 12.8 Å². The van der Waals surface area contributed by atoms with Gasteiger partial charge in [0.15, 0.2) is 0 Å². The molecule has 1 saturated carbocycles. The summed E-state index contributed by atoms with van der Waals surface area (Å²) in [6, 6.07) is 12.3. The van der Waals surface area contributed by atoms with Gasteiger partial charge in [-0.05, 0) is 43.0 Å². The molecule has 0 spiro atoms. The number of thiophene rings is 1. The summed E-state index contributed by atoms with van der Waals surface area (Å²) in [6.07, 6.45) is 2.25. The molecule has 1 aromatic carbocycles. The van der Waals surface area contributed by atoms with Gasteiger partial charge in [-0.1, -0.05) is 18.2 Å². The molecule has 5 N–H and O–H groups in total. The van der Waals surface area contributed by atoms with Crippen molar-refractivity contribution in [3.63, 3.8) is 0 Å². The van der Waals surface area contributed by atoms with E-state index in [9.17, 15) is 9.59 Å². The van der Waals surface area contributed by atoms with Crippen LogP contribution in [0.25, 0.3) is 0 Å². The molecule has 1 aliphatic rings. The third kappa shape index (κ3) is 4.33. The number of anilines is 2. The van der Waals surface area contributed by atoms with Gasteiger partial charge in [-0.25, -0.2) is 4.79 Å². The maximum absolute atomic E-state index is 12.3. The quantitative estimate of drug-likeness (QED) is 0.649. The van der Waals surface area contributed by atoms with Crippen LogP contribution in [0.3, 0.4) is 0 Å². The van der Waals surface area contributed by atoms with Crippen LogP contribution in [-0.2, 0) is 0 Å². The van der Waals surface area contributed by atoms with Crippen LogP contribution in [-0.4, -0.2) is 24.5 Å². The Morgan fingerprint density at radius 2 is 1.88 bits per heavy atom. The fourth-order valence-electron chi connectivity index (χ4n) is 2.43. The molecule has 1 heterocycles. The summed E-state index contributed by atoms with van der Waals surface area (Å²) in [5, 5.41) is 9.05. The highest BCUT2D eigenvalue weighted by Gasteiger charge is 2.31. The Hall–Kier alpha value is -2.38. The SMILES string of the molecule is NCC(NC(=O)c1ccc(NC(=O)Nc2ccccc2)s1)C1CC1. The third-order valence-electron chi connectivity index (χ3n) is 3.86. The Balaban J connectivity index is 1.54. The predicted molar refractivity (Wildman–Crippen MR) is 96.4 cm³/mol. The Morgan fingerprint density at radius 1 is 1.12 bits per heavy atom. The summed E-state index contributed by atoms with van der Waals surface area (Å²) in [6.45, 7) is 0.451. The Labute approximate surface area is 144 Å². The molecule has 0 aliphatic heterocycles. The molecule has 1 fully saturated rings. The van der Waals surface area contributed by atoms with Crippen molar-refractivity contribution in [2.24, 2.45) is 11.7 Å². The largest absolute Gasteiger partial charge is 0.347 e. The van der Waals surface area contributed by atoms with Gasteiger partial charge in [0.05, 0.1) is 9.88 Å². The summed E-state index contributed by atoms with van der Waals surface area (Å²) in [7, 11) is 0. The second kappa shape index (κ2) is 7.46. The van der Waals surface area contributed by atoms with E-state index in [1.165, 1.54) is 11.3 Å². The van der Waals surface area contributed by atoms with Gasteiger partial charge in [0.2, 0.25) is 0 Å². The number of carbonyl (C=O) groups is 2. The van der Waals surface area contributed by atoms with Gasteiger partial charge in [-0.3, -0.25) is 10.1 Å². The summed E-state index contributed by atoms with van der Waals surface area (Å²) >= 11 is 1.24. The van der Waals surface area contributed by atoms with Crippen LogP contribution in [0.2, 0.25) is 0 Å². The summed E-state index contributed by atoms with van der Waals surface area (Å²) < 4.78 is 0. The topological polar surface area (TPSA) is 96.2 Å². The molecule has 1 aromatic heterocycles. The lowest BCUT2D eigenvalue weighted by molar-refractivity contribution is 0.0937. The maximum Gasteiger partial charge on any atom is 0.324 e. The first kappa shape index (κ1) is 16.5. The normalized spacial score (nSPS) is 14.7. The van der Waals surface area contributed by atoms with E-state index < -0.39 is 0 Å². The monoisotopic (exact) mass is 344 g/mol. The number of hydrogen-bond acceptors (Lipinski definition) is 4. The van der Waals surface area contributed by atoms with E-state index in [-0.39, 0.29) is 18.0 Å². The zero-order valence-electron chi connectivity index (χ0n) is 13.1. The summed E-state index contributed by atoms with van der Waals surface area (Å²) in [5.74, 6) is 0.368. The van der Waals surface area contributed by atoms with Crippen molar-refractivity contribution in [1.82, 2.24) is 5.32 Å². The van der Waals surface area contributed by atoms with Gasteiger partial charge in [-0.15, -0.1) is 11.3 Å².